The lowest BCUT2D eigenvalue weighted by Gasteiger charge is -2.34. The van der Waals surface area contributed by atoms with Crippen molar-refractivity contribution in [2.75, 3.05) is 18.9 Å². The van der Waals surface area contributed by atoms with Gasteiger partial charge in [0.2, 0.25) is 5.91 Å². The summed E-state index contributed by atoms with van der Waals surface area (Å²) in [4.78, 5) is 14.2. The number of nitriles is 1. The second-order valence-electron chi connectivity index (χ2n) is 5.93. The highest BCUT2D eigenvalue weighted by Gasteiger charge is 2.20. The van der Waals surface area contributed by atoms with E-state index in [1.54, 1.807) is 24.3 Å². The number of benzene rings is 1. The normalized spacial score (nSPS) is 11.2. The molecule has 1 N–H and O–H groups in total. The summed E-state index contributed by atoms with van der Waals surface area (Å²) in [6.45, 7) is 7.50. The van der Waals surface area contributed by atoms with Gasteiger partial charge in [0.15, 0.2) is 0 Å². The Morgan fingerprint density at radius 1 is 1.33 bits per heavy atom. The Morgan fingerprint density at radius 2 is 1.95 bits per heavy atom. The Kier molecular flexibility index (Phi) is 6.39. The van der Waals surface area contributed by atoms with Crippen LogP contribution in [0.1, 0.15) is 45.6 Å². The van der Waals surface area contributed by atoms with Gasteiger partial charge in [-0.15, -0.1) is 0 Å². The van der Waals surface area contributed by atoms with E-state index in [1.165, 1.54) is 0 Å². The van der Waals surface area contributed by atoms with Crippen molar-refractivity contribution in [1.82, 2.24) is 4.90 Å². The molecule has 1 amide bonds. The van der Waals surface area contributed by atoms with E-state index in [0.29, 0.717) is 12.0 Å². The van der Waals surface area contributed by atoms with E-state index in [0.717, 1.165) is 25.1 Å². The number of hydrogen-bond donors (Lipinski definition) is 1. The minimum absolute atomic E-state index is 0.0161. The van der Waals surface area contributed by atoms with E-state index in [1.807, 2.05) is 0 Å². The average molecular weight is 287 g/mol. The number of carbonyl (C=O) groups excluding carboxylic acids is 1. The molecule has 0 aliphatic heterocycles. The van der Waals surface area contributed by atoms with E-state index in [2.05, 4.69) is 44.1 Å². The second kappa shape index (κ2) is 7.80. The van der Waals surface area contributed by atoms with Gasteiger partial charge in [0.05, 0.1) is 11.6 Å². The molecule has 4 heteroatoms. The summed E-state index contributed by atoms with van der Waals surface area (Å²) in [5, 5.41) is 11.6. The van der Waals surface area contributed by atoms with Gasteiger partial charge in [-0.1, -0.05) is 6.92 Å². The maximum absolute atomic E-state index is 11.9. The topological polar surface area (TPSA) is 56.1 Å². The molecule has 4 nitrogen and oxygen atoms in total. The molecule has 0 fully saturated rings. The van der Waals surface area contributed by atoms with Gasteiger partial charge in [0.25, 0.3) is 0 Å². The first-order valence-corrected chi connectivity index (χ1v) is 7.40. The van der Waals surface area contributed by atoms with Gasteiger partial charge in [-0.05, 0) is 64.5 Å². The van der Waals surface area contributed by atoms with Crippen molar-refractivity contribution in [2.45, 2.75) is 45.6 Å². The van der Waals surface area contributed by atoms with E-state index in [4.69, 9.17) is 5.26 Å². The highest BCUT2D eigenvalue weighted by Crippen LogP contribution is 2.17. The quantitative estimate of drug-likeness (QED) is 0.836. The van der Waals surface area contributed by atoms with Crippen LogP contribution in [0.5, 0.6) is 0 Å². The van der Waals surface area contributed by atoms with E-state index >= 15 is 0 Å². The Balaban J connectivity index is 2.36. The molecule has 0 aliphatic rings. The number of anilines is 1. The Labute approximate surface area is 127 Å². The molecule has 1 rings (SSSR count). The van der Waals surface area contributed by atoms with Crippen LogP contribution in [0, 0.1) is 11.3 Å². The molecular weight excluding hydrogens is 262 g/mol. The van der Waals surface area contributed by atoms with Crippen molar-refractivity contribution in [1.29, 1.82) is 5.26 Å². The number of nitrogens with one attached hydrogen (secondary N) is 1. The van der Waals surface area contributed by atoms with Crippen molar-refractivity contribution in [3.05, 3.63) is 29.8 Å². The summed E-state index contributed by atoms with van der Waals surface area (Å²) in [5.41, 5.74) is 1.50. The molecule has 0 aliphatic carbocycles. The van der Waals surface area contributed by atoms with Gasteiger partial charge in [-0.3, -0.25) is 4.79 Å². The summed E-state index contributed by atoms with van der Waals surface area (Å²) in [6.07, 6.45) is 2.42. The van der Waals surface area contributed by atoms with Crippen molar-refractivity contribution in [3.8, 4) is 6.07 Å². The maximum atomic E-state index is 11.9. The summed E-state index contributed by atoms with van der Waals surface area (Å²) >= 11 is 0. The SMILES string of the molecule is CCC(C)(C)N(C)CCCC(=O)Nc1ccc(C#N)cc1. The molecule has 114 valence electrons. The third-order valence-corrected chi connectivity index (χ3v) is 4.09. The zero-order valence-electron chi connectivity index (χ0n) is 13.4. The van der Waals surface area contributed by atoms with Crippen LogP contribution in [-0.4, -0.2) is 29.9 Å². The highest BCUT2D eigenvalue weighted by atomic mass is 16.1. The molecule has 0 aromatic heterocycles. The fraction of sp³-hybridized carbons (Fsp3) is 0.529. The first kappa shape index (κ1) is 17.2. The summed E-state index contributed by atoms with van der Waals surface area (Å²) in [6, 6.07) is 8.96. The standard InChI is InChI=1S/C17H25N3O/c1-5-17(2,3)20(4)12-6-7-16(21)19-15-10-8-14(13-18)9-11-15/h8-11H,5-7,12H2,1-4H3,(H,19,21). The summed E-state index contributed by atoms with van der Waals surface area (Å²) in [7, 11) is 2.10. The smallest absolute Gasteiger partial charge is 0.224 e. The molecule has 0 radical (unpaired) electrons. The Bertz CT molecular complexity index is 500. The van der Waals surface area contributed by atoms with Gasteiger partial charge in [0, 0.05) is 17.6 Å². The molecule has 0 atom stereocenters. The minimum atomic E-state index is 0.0161. The number of nitrogens with zero attached hydrogens (tertiary/aromatic N) is 2. The van der Waals surface area contributed by atoms with Gasteiger partial charge in [-0.25, -0.2) is 0 Å². The lowest BCUT2D eigenvalue weighted by molar-refractivity contribution is -0.116. The van der Waals surface area contributed by atoms with Gasteiger partial charge in [0.1, 0.15) is 0 Å². The Hall–Kier alpha value is -1.86. The largest absolute Gasteiger partial charge is 0.326 e. The lowest BCUT2D eigenvalue weighted by atomic mass is 10.00. The number of rotatable bonds is 7. The molecule has 1 aromatic rings. The van der Waals surface area contributed by atoms with Gasteiger partial charge >= 0.3 is 0 Å². The molecule has 0 saturated carbocycles. The van der Waals surface area contributed by atoms with Crippen molar-refractivity contribution in [3.63, 3.8) is 0 Å². The molecule has 0 saturated heterocycles. The summed E-state index contributed by atoms with van der Waals surface area (Å²) in [5.74, 6) is 0.0161. The number of hydrogen-bond acceptors (Lipinski definition) is 3. The van der Waals surface area contributed by atoms with Crippen LogP contribution >= 0.6 is 0 Å². The predicted octanol–water partition coefficient (Wildman–Crippen LogP) is 3.40. The van der Waals surface area contributed by atoms with Crippen molar-refractivity contribution < 1.29 is 4.79 Å². The van der Waals surface area contributed by atoms with Gasteiger partial charge < -0.3 is 10.2 Å². The zero-order chi connectivity index (χ0) is 15.9. The molecular formula is C17H25N3O. The fourth-order valence-corrected chi connectivity index (χ4v) is 1.90. The minimum Gasteiger partial charge on any atom is -0.326 e. The highest BCUT2D eigenvalue weighted by molar-refractivity contribution is 5.90. The first-order valence-electron chi connectivity index (χ1n) is 7.40. The van der Waals surface area contributed by atoms with Crippen LogP contribution in [0.15, 0.2) is 24.3 Å². The molecule has 0 bridgehead atoms. The molecule has 21 heavy (non-hydrogen) atoms. The van der Waals surface area contributed by atoms with Gasteiger partial charge in [-0.2, -0.15) is 5.26 Å². The third kappa shape index (κ3) is 5.57. The number of carbonyl (C=O) groups is 1. The fourth-order valence-electron chi connectivity index (χ4n) is 1.90. The molecule has 0 spiro atoms. The van der Waals surface area contributed by atoms with E-state index in [-0.39, 0.29) is 11.4 Å². The molecule has 0 heterocycles. The molecule has 1 aromatic carbocycles. The van der Waals surface area contributed by atoms with Crippen LogP contribution < -0.4 is 5.32 Å². The molecule has 0 unspecified atom stereocenters. The van der Waals surface area contributed by atoms with E-state index < -0.39 is 0 Å². The van der Waals surface area contributed by atoms with Crippen molar-refractivity contribution >= 4 is 11.6 Å². The summed E-state index contributed by atoms with van der Waals surface area (Å²) < 4.78 is 0. The monoisotopic (exact) mass is 287 g/mol. The van der Waals surface area contributed by atoms with Crippen LogP contribution in [0.4, 0.5) is 5.69 Å². The number of amides is 1. The van der Waals surface area contributed by atoms with Crippen LogP contribution in [0.25, 0.3) is 0 Å². The van der Waals surface area contributed by atoms with Crippen LogP contribution in [0.2, 0.25) is 0 Å². The second-order valence-corrected chi connectivity index (χ2v) is 5.93. The van der Waals surface area contributed by atoms with Crippen LogP contribution in [-0.2, 0) is 4.79 Å². The lowest BCUT2D eigenvalue weighted by Crippen LogP contribution is -2.41. The zero-order valence-corrected chi connectivity index (χ0v) is 13.4. The third-order valence-electron chi connectivity index (χ3n) is 4.09. The average Bonchev–Trinajstić information content (AvgIpc) is 2.47. The first-order chi connectivity index (χ1) is 9.89. The van der Waals surface area contributed by atoms with E-state index in [9.17, 15) is 4.79 Å². The predicted molar refractivity (Wildman–Crippen MR) is 86.0 cm³/mol. The Morgan fingerprint density at radius 3 is 2.48 bits per heavy atom. The van der Waals surface area contributed by atoms with Crippen molar-refractivity contribution in [2.24, 2.45) is 0 Å². The maximum Gasteiger partial charge on any atom is 0.224 e. The van der Waals surface area contributed by atoms with Crippen LogP contribution in [0.3, 0.4) is 0 Å².